The minimum atomic E-state index is -3.75. The largest absolute Gasteiger partial charge is 0.379 e. The van der Waals surface area contributed by atoms with Gasteiger partial charge in [-0.2, -0.15) is 4.31 Å². The highest BCUT2D eigenvalue weighted by Crippen LogP contribution is 2.25. The molecule has 8 heteroatoms. The molecule has 3 rings (SSSR count). The van der Waals surface area contributed by atoms with E-state index >= 15 is 0 Å². The number of hydrogen-bond donors (Lipinski definition) is 1. The zero-order chi connectivity index (χ0) is 19.3. The van der Waals surface area contributed by atoms with Crippen LogP contribution in [-0.4, -0.2) is 76.1 Å². The summed E-state index contributed by atoms with van der Waals surface area (Å²) in [6, 6.07) is 3.90. The lowest BCUT2D eigenvalue weighted by Crippen LogP contribution is -2.49. The molecule has 1 aromatic rings. The number of morpholine rings is 1. The number of nitrogens with one attached hydrogen (secondary N) is 1. The Balaban J connectivity index is 1.76. The molecule has 2 aliphatic heterocycles. The third kappa shape index (κ3) is 5.26. The Bertz CT molecular complexity index is 717. The Morgan fingerprint density at radius 2 is 2.11 bits per heavy atom. The predicted molar refractivity (Wildman–Crippen MR) is 103 cm³/mol. The number of rotatable bonds is 7. The van der Waals surface area contributed by atoms with Crippen molar-refractivity contribution in [1.29, 1.82) is 0 Å². The lowest BCUT2D eigenvalue weighted by molar-refractivity contribution is 0.0365. The quantitative estimate of drug-likeness (QED) is 0.755. The molecular weight excluding hydrogens is 369 g/mol. The Labute approximate surface area is 161 Å². The molecule has 1 atom stereocenters. The van der Waals surface area contributed by atoms with Crippen LogP contribution < -0.4 is 5.32 Å². The minimum absolute atomic E-state index is 0.0828. The van der Waals surface area contributed by atoms with E-state index in [1.165, 1.54) is 12.1 Å². The van der Waals surface area contributed by atoms with Crippen molar-refractivity contribution in [3.63, 3.8) is 0 Å². The number of benzene rings is 1. The van der Waals surface area contributed by atoms with E-state index in [0.29, 0.717) is 18.7 Å². The van der Waals surface area contributed by atoms with Gasteiger partial charge in [-0.15, -0.1) is 0 Å². The molecule has 152 valence electrons. The lowest BCUT2D eigenvalue weighted by Gasteiger charge is -2.35. The summed E-state index contributed by atoms with van der Waals surface area (Å²) in [5.74, 6) is -0.519. The van der Waals surface area contributed by atoms with Crippen LogP contribution in [0.1, 0.15) is 24.8 Å². The van der Waals surface area contributed by atoms with E-state index in [-0.39, 0.29) is 10.9 Å². The summed E-state index contributed by atoms with van der Waals surface area (Å²) in [4.78, 5) is 2.39. The molecule has 0 aromatic heterocycles. The fourth-order valence-electron chi connectivity index (χ4n) is 3.83. The highest BCUT2D eigenvalue weighted by Gasteiger charge is 2.33. The Kier molecular flexibility index (Phi) is 7.22. The van der Waals surface area contributed by atoms with Gasteiger partial charge in [0.2, 0.25) is 10.0 Å². The summed E-state index contributed by atoms with van der Waals surface area (Å²) in [7, 11) is -3.75. The summed E-state index contributed by atoms with van der Waals surface area (Å²) in [6.07, 6.45) is 2.53. The van der Waals surface area contributed by atoms with Gasteiger partial charge >= 0.3 is 0 Å². The van der Waals surface area contributed by atoms with Crippen LogP contribution in [0.25, 0.3) is 0 Å². The van der Waals surface area contributed by atoms with Crippen LogP contribution in [0.4, 0.5) is 4.39 Å². The van der Waals surface area contributed by atoms with Crippen molar-refractivity contribution < 1.29 is 17.5 Å². The summed E-state index contributed by atoms with van der Waals surface area (Å²) in [6.45, 7) is 7.81. The average Bonchev–Trinajstić information content (AvgIpc) is 2.68. The Morgan fingerprint density at radius 1 is 1.33 bits per heavy atom. The third-order valence-electron chi connectivity index (χ3n) is 5.37. The standard InChI is InChI=1S/C19H30FN3O3S/c1-16-5-6-17(20)14-19(16)27(24,25)23(18-4-2-7-21-15-18)9-3-8-22-10-12-26-13-11-22/h5-6,14,18,21H,2-4,7-13,15H2,1H3/t18-/m0/s1. The number of aryl methyl sites for hydroxylation is 1. The first-order valence-electron chi connectivity index (χ1n) is 9.77. The molecule has 0 spiro atoms. The van der Waals surface area contributed by atoms with Gasteiger partial charge in [0.15, 0.2) is 0 Å². The number of hydrogen-bond acceptors (Lipinski definition) is 5. The molecule has 0 unspecified atom stereocenters. The fourth-order valence-corrected chi connectivity index (χ4v) is 5.76. The molecule has 6 nitrogen and oxygen atoms in total. The molecule has 0 amide bonds. The molecule has 2 saturated heterocycles. The van der Waals surface area contributed by atoms with Crippen molar-refractivity contribution in [2.24, 2.45) is 0 Å². The van der Waals surface area contributed by atoms with E-state index in [0.717, 1.165) is 64.7 Å². The highest BCUT2D eigenvalue weighted by atomic mass is 32.2. The van der Waals surface area contributed by atoms with Crippen molar-refractivity contribution in [2.75, 3.05) is 52.5 Å². The van der Waals surface area contributed by atoms with Gasteiger partial charge in [-0.3, -0.25) is 4.90 Å². The normalized spacial score (nSPS) is 22.3. The molecule has 2 fully saturated rings. The lowest BCUT2D eigenvalue weighted by atomic mass is 10.1. The second-order valence-corrected chi connectivity index (χ2v) is 9.19. The molecule has 1 aromatic carbocycles. The zero-order valence-electron chi connectivity index (χ0n) is 16.0. The summed E-state index contributed by atoms with van der Waals surface area (Å²) in [5.41, 5.74) is 0.582. The smallest absolute Gasteiger partial charge is 0.243 e. The molecule has 0 saturated carbocycles. The summed E-state index contributed by atoms with van der Waals surface area (Å²) in [5, 5.41) is 3.30. The van der Waals surface area contributed by atoms with E-state index in [1.807, 2.05) is 0 Å². The Hall–Kier alpha value is -1.06. The van der Waals surface area contributed by atoms with E-state index in [4.69, 9.17) is 4.74 Å². The maximum Gasteiger partial charge on any atom is 0.243 e. The molecule has 0 radical (unpaired) electrons. The van der Waals surface area contributed by atoms with E-state index < -0.39 is 15.8 Å². The van der Waals surface area contributed by atoms with Crippen LogP contribution in [0.15, 0.2) is 23.1 Å². The molecule has 2 aliphatic rings. The Morgan fingerprint density at radius 3 is 2.81 bits per heavy atom. The van der Waals surface area contributed by atoms with Crippen LogP contribution in [0.5, 0.6) is 0 Å². The molecule has 0 aliphatic carbocycles. The predicted octanol–water partition coefficient (Wildman–Crippen LogP) is 1.60. The van der Waals surface area contributed by atoms with Gasteiger partial charge in [0, 0.05) is 32.2 Å². The average molecular weight is 400 g/mol. The first kappa shape index (κ1) is 20.7. The van der Waals surface area contributed by atoms with Crippen molar-refractivity contribution >= 4 is 10.0 Å². The second-order valence-electron chi connectivity index (χ2n) is 7.33. The fraction of sp³-hybridized carbons (Fsp3) is 0.684. The topological polar surface area (TPSA) is 61.9 Å². The van der Waals surface area contributed by atoms with Crippen molar-refractivity contribution in [1.82, 2.24) is 14.5 Å². The first-order chi connectivity index (χ1) is 13.0. The van der Waals surface area contributed by atoms with Gasteiger partial charge in [-0.25, -0.2) is 12.8 Å². The van der Waals surface area contributed by atoms with Crippen LogP contribution in [0, 0.1) is 12.7 Å². The van der Waals surface area contributed by atoms with Crippen molar-refractivity contribution in [3.8, 4) is 0 Å². The number of ether oxygens (including phenoxy) is 1. The SMILES string of the molecule is Cc1ccc(F)cc1S(=O)(=O)N(CCCN1CCOCC1)[C@H]1CCCNC1. The van der Waals surface area contributed by atoms with Crippen LogP contribution in [-0.2, 0) is 14.8 Å². The summed E-state index contributed by atoms with van der Waals surface area (Å²) >= 11 is 0. The molecule has 2 heterocycles. The van der Waals surface area contributed by atoms with E-state index in [1.54, 1.807) is 11.2 Å². The number of piperidine rings is 1. The third-order valence-corrected chi connectivity index (χ3v) is 7.47. The van der Waals surface area contributed by atoms with E-state index in [9.17, 15) is 12.8 Å². The van der Waals surface area contributed by atoms with Crippen molar-refractivity contribution in [2.45, 2.75) is 37.1 Å². The maximum absolute atomic E-state index is 13.8. The number of halogens is 1. The van der Waals surface area contributed by atoms with Crippen LogP contribution in [0.3, 0.4) is 0 Å². The number of sulfonamides is 1. The second kappa shape index (κ2) is 9.43. The summed E-state index contributed by atoms with van der Waals surface area (Å²) < 4.78 is 47.5. The number of nitrogens with zero attached hydrogens (tertiary/aromatic N) is 2. The van der Waals surface area contributed by atoms with Crippen LogP contribution >= 0.6 is 0 Å². The monoisotopic (exact) mass is 399 g/mol. The van der Waals surface area contributed by atoms with Gasteiger partial charge in [-0.05, 0) is 57.0 Å². The van der Waals surface area contributed by atoms with Crippen molar-refractivity contribution in [3.05, 3.63) is 29.6 Å². The highest BCUT2D eigenvalue weighted by molar-refractivity contribution is 7.89. The maximum atomic E-state index is 13.8. The van der Waals surface area contributed by atoms with Gasteiger partial charge in [0.05, 0.1) is 18.1 Å². The zero-order valence-corrected chi connectivity index (χ0v) is 16.8. The molecular formula is C19H30FN3O3S. The van der Waals surface area contributed by atoms with Gasteiger partial charge in [0.1, 0.15) is 5.82 Å². The van der Waals surface area contributed by atoms with Gasteiger partial charge < -0.3 is 10.1 Å². The van der Waals surface area contributed by atoms with Crippen LogP contribution in [0.2, 0.25) is 0 Å². The molecule has 27 heavy (non-hydrogen) atoms. The van der Waals surface area contributed by atoms with Gasteiger partial charge in [0.25, 0.3) is 0 Å². The van der Waals surface area contributed by atoms with E-state index in [2.05, 4.69) is 10.2 Å². The molecule has 1 N–H and O–H groups in total. The minimum Gasteiger partial charge on any atom is -0.379 e. The first-order valence-corrected chi connectivity index (χ1v) is 11.2. The van der Waals surface area contributed by atoms with Gasteiger partial charge in [-0.1, -0.05) is 6.07 Å². The molecule has 0 bridgehead atoms.